The summed E-state index contributed by atoms with van der Waals surface area (Å²) in [5, 5.41) is 16.2. The quantitative estimate of drug-likeness (QED) is 0.358. The second-order valence-electron chi connectivity index (χ2n) is 8.82. The molecule has 4 aromatic rings. The van der Waals surface area contributed by atoms with Gasteiger partial charge in [-0.3, -0.25) is 9.59 Å². The van der Waals surface area contributed by atoms with Crippen LogP contribution >= 0.6 is 0 Å². The number of aromatic amines is 1. The lowest BCUT2D eigenvalue weighted by Crippen LogP contribution is -2.35. The molecule has 4 aromatic heterocycles. The Hall–Kier alpha value is -4.31. The van der Waals surface area contributed by atoms with Gasteiger partial charge in [0.25, 0.3) is 5.56 Å². The van der Waals surface area contributed by atoms with E-state index >= 15 is 0 Å². The van der Waals surface area contributed by atoms with Crippen LogP contribution in [0.3, 0.4) is 0 Å². The summed E-state index contributed by atoms with van der Waals surface area (Å²) in [6.07, 6.45) is 6.57. The molecule has 1 amide bonds. The van der Waals surface area contributed by atoms with Crippen LogP contribution in [0, 0.1) is 0 Å². The highest BCUT2D eigenvalue weighted by molar-refractivity contribution is 5.99. The maximum atomic E-state index is 12.7. The topological polar surface area (TPSA) is 136 Å². The first-order valence-electron chi connectivity index (χ1n) is 11.5. The van der Waals surface area contributed by atoms with Gasteiger partial charge in [-0.15, -0.1) is 0 Å². The van der Waals surface area contributed by atoms with Gasteiger partial charge in [-0.2, -0.15) is 0 Å². The maximum Gasteiger partial charge on any atom is 0.259 e. The highest BCUT2D eigenvalue weighted by Gasteiger charge is 2.21. The molecule has 35 heavy (non-hydrogen) atoms. The lowest BCUT2D eigenvalue weighted by molar-refractivity contribution is -0.115. The molecule has 0 unspecified atom stereocenters. The normalized spacial score (nSPS) is 15.8. The lowest BCUT2D eigenvalue weighted by atomic mass is 10.1. The summed E-state index contributed by atoms with van der Waals surface area (Å²) in [4.78, 5) is 42.9. The molecule has 1 saturated heterocycles. The van der Waals surface area contributed by atoms with Crippen molar-refractivity contribution in [1.29, 1.82) is 0 Å². The average molecular weight is 470 g/mol. The molecule has 0 aliphatic carbocycles. The van der Waals surface area contributed by atoms with E-state index in [1.807, 2.05) is 18.2 Å². The number of pyridine rings is 4. The van der Waals surface area contributed by atoms with Gasteiger partial charge in [0, 0.05) is 36.6 Å². The zero-order chi connectivity index (χ0) is 23.9. The molecule has 0 aromatic carbocycles. The first kappa shape index (κ1) is 21.2. The van der Waals surface area contributed by atoms with Crippen LogP contribution in [-0.4, -0.2) is 50.1 Å². The minimum Gasteiger partial charge on any atom is -0.393 e. The van der Waals surface area contributed by atoms with Gasteiger partial charge < -0.3 is 25.6 Å². The van der Waals surface area contributed by atoms with Crippen LogP contribution in [0.5, 0.6) is 0 Å². The van der Waals surface area contributed by atoms with Crippen molar-refractivity contribution in [3.05, 3.63) is 64.8 Å². The molecule has 2 aliphatic heterocycles. The van der Waals surface area contributed by atoms with Gasteiger partial charge in [-0.25, -0.2) is 15.0 Å². The molecule has 10 heteroatoms. The molecule has 4 N–H and O–H groups in total. The summed E-state index contributed by atoms with van der Waals surface area (Å²) in [5.41, 5.74) is 4.04. The highest BCUT2D eigenvalue weighted by Crippen LogP contribution is 2.31. The van der Waals surface area contributed by atoms with Crippen molar-refractivity contribution >= 4 is 39.8 Å². The lowest BCUT2D eigenvalue weighted by Gasteiger charge is -2.31. The van der Waals surface area contributed by atoms with Gasteiger partial charge in [0.15, 0.2) is 0 Å². The van der Waals surface area contributed by atoms with E-state index < -0.39 is 0 Å². The standard InChI is InChI=1S/C25H23N7O3/c33-17-4-7-32(8-5-17)16-1-2-21(27-13-16)30-20-11-19(29-18-3-6-26-25(35)23(18)20)15-9-14-10-22(34)31-24(14)28-12-15/h1-3,6,9,11-13,17,33H,4-5,7-8,10H2,(H,26,35)(H,27,29,30)(H,28,31,34). The number of piperidine rings is 1. The molecule has 0 radical (unpaired) electrons. The Kier molecular flexibility index (Phi) is 5.14. The first-order chi connectivity index (χ1) is 17.0. The van der Waals surface area contributed by atoms with E-state index in [1.165, 1.54) is 0 Å². The summed E-state index contributed by atoms with van der Waals surface area (Å²) in [6.45, 7) is 1.58. The number of rotatable bonds is 4. The zero-order valence-electron chi connectivity index (χ0n) is 18.8. The van der Waals surface area contributed by atoms with E-state index in [2.05, 4.69) is 35.5 Å². The van der Waals surface area contributed by atoms with Crippen molar-refractivity contribution in [2.24, 2.45) is 0 Å². The molecule has 0 saturated carbocycles. The number of carbonyl (C=O) groups excluding carboxylic acids is 1. The van der Waals surface area contributed by atoms with Crippen LogP contribution in [0.1, 0.15) is 18.4 Å². The third-order valence-corrected chi connectivity index (χ3v) is 6.44. The van der Waals surface area contributed by atoms with Crippen LogP contribution in [0.4, 0.5) is 23.0 Å². The Morgan fingerprint density at radius 3 is 2.71 bits per heavy atom. The number of hydrogen-bond acceptors (Lipinski definition) is 8. The number of carbonyl (C=O) groups is 1. The van der Waals surface area contributed by atoms with E-state index in [9.17, 15) is 14.7 Å². The number of aliphatic hydroxyl groups excluding tert-OH is 1. The molecule has 6 rings (SSSR count). The van der Waals surface area contributed by atoms with E-state index in [4.69, 9.17) is 0 Å². The maximum absolute atomic E-state index is 12.7. The number of amides is 1. The van der Waals surface area contributed by atoms with Crippen molar-refractivity contribution in [1.82, 2.24) is 19.9 Å². The summed E-state index contributed by atoms with van der Waals surface area (Å²) >= 11 is 0. The molecular formula is C25H23N7O3. The fraction of sp³-hybridized carbons (Fsp3) is 0.240. The average Bonchev–Trinajstić information content (AvgIpc) is 3.24. The van der Waals surface area contributed by atoms with Crippen LogP contribution < -0.4 is 21.1 Å². The molecule has 2 aliphatic rings. The number of aromatic nitrogens is 4. The third kappa shape index (κ3) is 4.08. The van der Waals surface area contributed by atoms with Crippen LogP contribution in [-0.2, 0) is 11.2 Å². The van der Waals surface area contributed by atoms with Gasteiger partial charge in [-0.05, 0) is 43.2 Å². The van der Waals surface area contributed by atoms with Crippen molar-refractivity contribution in [3.8, 4) is 11.3 Å². The molecule has 0 atom stereocenters. The Bertz CT molecular complexity index is 1490. The summed E-state index contributed by atoms with van der Waals surface area (Å²) in [7, 11) is 0. The van der Waals surface area contributed by atoms with Crippen LogP contribution in [0.25, 0.3) is 22.2 Å². The van der Waals surface area contributed by atoms with Crippen molar-refractivity contribution in [2.75, 3.05) is 28.6 Å². The summed E-state index contributed by atoms with van der Waals surface area (Å²) < 4.78 is 0. The van der Waals surface area contributed by atoms with E-state index in [0.29, 0.717) is 33.9 Å². The first-order valence-corrected chi connectivity index (χ1v) is 11.5. The molecule has 0 bridgehead atoms. The highest BCUT2D eigenvalue weighted by atomic mass is 16.3. The summed E-state index contributed by atoms with van der Waals surface area (Å²) in [5.74, 6) is 1.08. The predicted molar refractivity (Wildman–Crippen MR) is 133 cm³/mol. The molecular weight excluding hydrogens is 446 g/mol. The minimum absolute atomic E-state index is 0.0831. The van der Waals surface area contributed by atoms with Crippen molar-refractivity contribution in [3.63, 3.8) is 0 Å². The van der Waals surface area contributed by atoms with E-state index in [1.54, 1.807) is 30.7 Å². The Morgan fingerprint density at radius 2 is 1.91 bits per heavy atom. The molecule has 0 spiro atoms. The van der Waals surface area contributed by atoms with Gasteiger partial charge in [0.05, 0.1) is 46.7 Å². The number of nitrogens with one attached hydrogen (secondary N) is 3. The van der Waals surface area contributed by atoms with Gasteiger partial charge in [-0.1, -0.05) is 0 Å². The predicted octanol–water partition coefficient (Wildman–Crippen LogP) is 2.58. The molecule has 10 nitrogen and oxygen atoms in total. The van der Waals surface area contributed by atoms with Gasteiger partial charge in [0.2, 0.25) is 5.91 Å². The smallest absolute Gasteiger partial charge is 0.259 e. The number of fused-ring (bicyclic) bond motifs is 2. The van der Waals surface area contributed by atoms with Gasteiger partial charge in [0.1, 0.15) is 11.6 Å². The van der Waals surface area contributed by atoms with Crippen molar-refractivity contribution in [2.45, 2.75) is 25.4 Å². The van der Waals surface area contributed by atoms with Crippen molar-refractivity contribution < 1.29 is 9.90 Å². The van der Waals surface area contributed by atoms with E-state index in [0.717, 1.165) is 42.7 Å². The fourth-order valence-corrected chi connectivity index (χ4v) is 4.60. The molecule has 1 fully saturated rings. The molecule has 176 valence electrons. The van der Waals surface area contributed by atoms with Crippen LogP contribution in [0.2, 0.25) is 0 Å². The monoisotopic (exact) mass is 469 g/mol. The van der Waals surface area contributed by atoms with Gasteiger partial charge >= 0.3 is 0 Å². The number of H-pyrrole nitrogens is 1. The van der Waals surface area contributed by atoms with E-state index in [-0.39, 0.29) is 24.0 Å². The Labute approximate surface area is 200 Å². The van der Waals surface area contributed by atoms with Crippen LogP contribution in [0.15, 0.2) is 53.7 Å². The zero-order valence-corrected chi connectivity index (χ0v) is 18.8. The second kappa shape index (κ2) is 8.48. The number of anilines is 4. The number of aliphatic hydroxyl groups is 1. The Morgan fingerprint density at radius 1 is 1.06 bits per heavy atom. The SMILES string of the molecule is O=C1Cc2cc(-c3cc(Nc4ccc(N5CCC(O)CC5)cn4)c4c(=O)[nH]ccc4n3)cnc2N1. The summed E-state index contributed by atoms with van der Waals surface area (Å²) in [6, 6.07) is 9.30. The number of nitrogens with zero attached hydrogens (tertiary/aromatic N) is 4. The second-order valence-corrected chi connectivity index (χ2v) is 8.82. The molecule has 6 heterocycles. The Balaban J connectivity index is 1.35. The largest absolute Gasteiger partial charge is 0.393 e. The fourth-order valence-electron chi connectivity index (χ4n) is 4.60. The number of hydrogen-bond donors (Lipinski definition) is 4. The third-order valence-electron chi connectivity index (χ3n) is 6.44. The minimum atomic E-state index is -0.255.